The summed E-state index contributed by atoms with van der Waals surface area (Å²) >= 11 is 17.9. The maximum Gasteiger partial charge on any atom is 0.210 e. The van der Waals surface area contributed by atoms with E-state index in [9.17, 15) is 0 Å². The highest BCUT2D eigenvalue weighted by Crippen LogP contribution is 2.39. The summed E-state index contributed by atoms with van der Waals surface area (Å²) in [4.78, 5) is 0. The molecule has 1 heterocycles. The molecule has 1 aromatic carbocycles. The van der Waals surface area contributed by atoms with Crippen LogP contribution in [0.4, 0.5) is 0 Å². The topological polar surface area (TPSA) is 18.5 Å². The molecule has 2 nitrogen and oxygen atoms in total. The second-order valence-corrected chi connectivity index (χ2v) is 4.86. The van der Waals surface area contributed by atoms with E-state index < -0.39 is 5.79 Å². The summed E-state index contributed by atoms with van der Waals surface area (Å²) in [5.41, 5.74) is 0.720. The molecule has 0 bridgehead atoms. The number of hydrogen-bond acceptors (Lipinski definition) is 2. The lowest BCUT2D eigenvalue weighted by molar-refractivity contribution is -0.156. The highest BCUT2D eigenvalue weighted by atomic mass is 35.5. The van der Waals surface area contributed by atoms with E-state index in [1.165, 1.54) is 0 Å². The molecule has 2 unspecified atom stereocenters. The van der Waals surface area contributed by atoms with E-state index >= 15 is 0 Å². The first-order chi connectivity index (χ1) is 7.57. The summed E-state index contributed by atoms with van der Waals surface area (Å²) in [6.07, 6.45) is 0.00509. The Balaban J connectivity index is 2.41. The van der Waals surface area contributed by atoms with Crippen molar-refractivity contribution in [3.05, 3.63) is 33.8 Å². The summed E-state index contributed by atoms with van der Waals surface area (Å²) in [6, 6.07) is 5.18. The molecule has 88 valence electrons. The van der Waals surface area contributed by atoms with Gasteiger partial charge < -0.3 is 9.47 Å². The fourth-order valence-corrected chi connectivity index (χ4v) is 2.56. The minimum atomic E-state index is -0.942. The third-order valence-corrected chi connectivity index (χ3v) is 3.36. The highest BCUT2D eigenvalue weighted by Gasteiger charge is 2.42. The van der Waals surface area contributed by atoms with Crippen LogP contribution in [0.25, 0.3) is 0 Å². The zero-order valence-electron chi connectivity index (χ0n) is 8.67. The van der Waals surface area contributed by atoms with E-state index in [1.54, 1.807) is 18.2 Å². The van der Waals surface area contributed by atoms with Crippen molar-refractivity contribution in [2.24, 2.45) is 0 Å². The Morgan fingerprint density at radius 3 is 2.69 bits per heavy atom. The molecule has 5 heteroatoms. The molecule has 0 spiro atoms. The zero-order chi connectivity index (χ0) is 11.8. The predicted molar refractivity (Wildman–Crippen MR) is 65.4 cm³/mol. The van der Waals surface area contributed by atoms with Crippen molar-refractivity contribution in [1.82, 2.24) is 0 Å². The largest absolute Gasteiger partial charge is 0.342 e. The van der Waals surface area contributed by atoms with Gasteiger partial charge in [0, 0.05) is 10.6 Å². The fourth-order valence-electron chi connectivity index (χ4n) is 1.73. The van der Waals surface area contributed by atoms with E-state index in [0.717, 1.165) is 5.56 Å². The second-order valence-electron chi connectivity index (χ2n) is 3.75. The van der Waals surface area contributed by atoms with Gasteiger partial charge in [0.2, 0.25) is 5.79 Å². The molecule has 0 saturated carbocycles. The van der Waals surface area contributed by atoms with Gasteiger partial charge in [-0.2, -0.15) is 0 Å². The van der Waals surface area contributed by atoms with Crippen LogP contribution < -0.4 is 0 Å². The molecule has 16 heavy (non-hydrogen) atoms. The third kappa shape index (κ3) is 2.18. The number of ether oxygens (including phenoxy) is 2. The lowest BCUT2D eigenvalue weighted by atomic mass is 10.1. The standard InChI is InChI=1S/C11H11Cl3O2/c1-7-5-15-11(6-12,16-7)9-3-2-8(13)4-10(9)14/h2-4,7H,5-6H2,1H3. The van der Waals surface area contributed by atoms with E-state index in [0.29, 0.717) is 16.7 Å². The van der Waals surface area contributed by atoms with Gasteiger partial charge in [0.1, 0.15) is 0 Å². The Kier molecular flexibility index (Phi) is 3.67. The molecular weight excluding hydrogens is 270 g/mol. The van der Waals surface area contributed by atoms with E-state index in [4.69, 9.17) is 44.3 Å². The van der Waals surface area contributed by atoms with Crippen LogP contribution in [-0.2, 0) is 15.3 Å². The normalized spacial score (nSPS) is 29.6. The number of benzene rings is 1. The number of rotatable bonds is 2. The quantitative estimate of drug-likeness (QED) is 0.767. The molecule has 1 fully saturated rings. The number of alkyl halides is 1. The molecule has 0 aliphatic carbocycles. The molecule has 0 amide bonds. The van der Waals surface area contributed by atoms with Crippen molar-refractivity contribution in [2.75, 3.05) is 12.5 Å². The molecule has 0 N–H and O–H groups in total. The minimum Gasteiger partial charge on any atom is -0.342 e. The van der Waals surface area contributed by atoms with Crippen molar-refractivity contribution < 1.29 is 9.47 Å². The van der Waals surface area contributed by atoms with Crippen molar-refractivity contribution in [3.8, 4) is 0 Å². The van der Waals surface area contributed by atoms with Crippen LogP contribution in [0.2, 0.25) is 10.0 Å². The van der Waals surface area contributed by atoms with Crippen molar-refractivity contribution >= 4 is 34.8 Å². The third-order valence-electron chi connectivity index (χ3n) is 2.46. The molecule has 2 rings (SSSR count). The Labute approximate surface area is 109 Å². The van der Waals surface area contributed by atoms with Crippen molar-refractivity contribution in [1.29, 1.82) is 0 Å². The maximum absolute atomic E-state index is 6.12. The smallest absolute Gasteiger partial charge is 0.210 e. The van der Waals surface area contributed by atoms with Gasteiger partial charge in [-0.25, -0.2) is 0 Å². The Bertz CT molecular complexity index is 397. The van der Waals surface area contributed by atoms with E-state index in [1.807, 2.05) is 6.92 Å². The second kappa shape index (κ2) is 4.71. The summed E-state index contributed by atoms with van der Waals surface area (Å²) in [7, 11) is 0. The lowest BCUT2D eigenvalue weighted by Crippen LogP contribution is -2.30. The molecule has 1 aliphatic heterocycles. The van der Waals surface area contributed by atoms with Crippen molar-refractivity contribution in [3.63, 3.8) is 0 Å². The Morgan fingerprint density at radius 2 is 2.19 bits per heavy atom. The van der Waals surface area contributed by atoms with Gasteiger partial charge in [-0.05, 0) is 19.1 Å². The van der Waals surface area contributed by atoms with Crippen LogP contribution in [0.3, 0.4) is 0 Å². The van der Waals surface area contributed by atoms with Gasteiger partial charge in [-0.1, -0.05) is 29.3 Å². The molecule has 1 aliphatic rings. The molecular formula is C11H11Cl3O2. The van der Waals surface area contributed by atoms with Crippen LogP contribution in [0, 0.1) is 0 Å². The summed E-state index contributed by atoms with van der Waals surface area (Å²) in [6.45, 7) is 2.43. The monoisotopic (exact) mass is 280 g/mol. The van der Waals surface area contributed by atoms with E-state index in [2.05, 4.69) is 0 Å². The van der Waals surface area contributed by atoms with Gasteiger partial charge >= 0.3 is 0 Å². The summed E-state index contributed by atoms with van der Waals surface area (Å²) in [5.74, 6) is -0.749. The SMILES string of the molecule is CC1COC(CCl)(c2ccc(Cl)cc2Cl)O1. The van der Waals surface area contributed by atoms with Gasteiger partial charge in [0.25, 0.3) is 0 Å². The molecule has 0 aromatic heterocycles. The van der Waals surface area contributed by atoms with Crippen LogP contribution in [0.1, 0.15) is 12.5 Å². The van der Waals surface area contributed by atoms with Gasteiger partial charge in [-0.3, -0.25) is 0 Å². The van der Waals surface area contributed by atoms with Crippen LogP contribution in [-0.4, -0.2) is 18.6 Å². The zero-order valence-corrected chi connectivity index (χ0v) is 10.9. The van der Waals surface area contributed by atoms with Gasteiger partial charge in [-0.15, -0.1) is 11.6 Å². The van der Waals surface area contributed by atoms with Crippen LogP contribution in [0.15, 0.2) is 18.2 Å². The summed E-state index contributed by atoms with van der Waals surface area (Å²) < 4.78 is 11.4. The average Bonchev–Trinajstić information content (AvgIpc) is 2.61. The van der Waals surface area contributed by atoms with E-state index in [-0.39, 0.29) is 12.0 Å². The molecule has 1 saturated heterocycles. The number of halogens is 3. The van der Waals surface area contributed by atoms with Crippen LogP contribution in [0.5, 0.6) is 0 Å². The molecule has 0 radical (unpaired) electrons. The first-order valence-corrected chi connectivity index (χ1v) is 6.20. The maximum atomic E-state index is 6.12. The lowest BCUT2D eigenvalue weighted by Gasteiger charge is -2.26. The first kappa shape index (κ1) is 12.5. The van der Waals surface area contributed by atoms with Gasteiger partial charge in [0.15, 0.2) is 0 Å². The first-order valence-electron chi connectivity index (χ1n) is 4.91. The molecule has 2 atom stereocenters. The average molecular weight is 282 g/mol. The summed E-state index contributed by atoms with van der Waals surface area (Å²) in [5, 5.41) is 1.08. The minimum absolute atomic E-state index is 0.00509. The number of hydrogen-bond donors (Lipinski definition) is 0. The Morgan fingerprint density at radius 1 is 1.44 bits per heavy atom. The van der Waals surface area contributed by atoms with Gasteiger partial charge in [0.05, 0.1) is 23.6 Å². The highest BCUT2D eigenvalue weighted by molar-refractivity contribution is 6.35. The van der Waals surface area contributed by atoms with Crippen LogP contribution >= 0.6 is 34.8 Å². The molecule has 1 aromatic rings. The Hall–Kier alpha value is 0.01000. The predicted octanol–water partition coefficient (Wildman–Crippen LogP) is 3.82. The van der Waals surface area contributed by atoms with Crippen molar-refractivity contribution in [2.45, 2.75) is 18.8 Å². The fraction of sp³-hybridized carbons (Fsp3) is 0.455.